The van der Waals surface area contributed by atoms with Crippen molar-refractivity contribution in [1.29, 1.82) is 0 Å². The van der Waals surface area contributed by atoms with Gasteiger partial charge in [-0.3, -0.25) is 4.79 Å². The van der Waals surface area contributed by atoms with Crippen LogP contribution in [0.15, 0.2) is 24.3 Å². The standard InChI is InChI=1S/C10H13NO2.K.H/c1-3-13-10-6-4-9(5-7-10)11-8(2)12;;/h4-7H,3H2,1-2H3,(H,11,12);;/q;+1;-1. The molecule has 0 atom stereocenters. The number of carbonyl (C=O) groups is 1. The number of carbonyl (C=O) groups excluding carboxylic acids is 1. The third-order valence-corrected chi connectivity index (χ3v) is 1.49. The van der Waals surface area contributed by atoms with E-state index in [1.165, 1.54) is 6.92 Å². The molecule has 14 heavy (non-hydrogen) atoms. The van der Waals surface area contributed by atoms with Crippen LogP contribution in [0, 0.1) is 0 Å². The van der Waals surface area contributed by atoms with E-state index in [0.29, 0.717) is 6.61 Å². The molecule has 0 saturated heterocycles. The van der Waals surface area contributed by atoms with Crippen molar-refractivity contribution in [2.75, 3.05) is 11.9 Å². The number of hydrogen-bond acceptors (Lipinski definition) is 2. The monoisotopic (exact) mass is 219 g/mol. The smallest absolute Gasteiger partial charge is 1.00 e. The fraction of sp³-hybridized carbons (Fsp3) is 0.300. The first kappa shape index (κ1) is 14.1. The van der Waals surface area contributed by atoms with Gasteiger partial charge in [0.25, 0.3) is 0 Å². The summed E-state index contributed by atoms with van der Waals surface area (Å²) >= 11 is 0. The van der Waals surface area contributed by atoms with Crippen LogP contribution in [0.1, 0.15) is 15.3 Å². The summed E-state index contributed by atoms with van der Waals surface area (Å²) in [6, 6.07) is 7.28. The maximum atomic E-state index is 10.7. The first-order chi connectivity index (χ1) is 6.22. The molecule has 0 aliphatic heterocycles. The minimum absolute atomic E-state index is 0. The molecule has 0 aromatic heterocycles. The van der Waals surface area contributed by atoms with Crippen LogP contribution in [-0.2, 0) is 4.79 Å². The first-order valence-corrected chi connectivity index (χ1v) is 4.23. The third kappa shape index (κ3) is 5.12. The van der Waals surface area contributed by atoms with E-state index in [4.69, 9.17) is 4.74 Å². The van der Waals surface area contributed by atoms with Gasteiger partial charge in [-0.1, -0.05) is 0 Å². The predicted molar refractivity (Wildman–Crippen MR) is 53.0 cm³/mol. The van der Waals surface area contributed by atoms with E-state index in [2.05, 4.69) is 5.32 Å². The Hall–Kier alpha value is 0.126. The molecule has 1 rings (SSSR count). The van der Waals surface area contributed by atoms with Crippen molar-refractivity contribution in [3.63, 3.8) is 0 Å². The largest absolute Gasteiger partial charge is 1.00 e. The molecule has 0 aliphatic carbocycles. The Morgan fingerprint density at radius 2 is 2.00 bits per heavy atom. The van der Waals surface area contributed by atoms with Crippen molar-refractivity contribution >= 4 is 11.6 Å². The molecule has 1 N–H and O–H groups in total. The Labute approximate surface area is 128 Å². The molecule has 0 radical (unpaired) electrons. The average Bonchev–Trinajstić information content (AvgIpc) is 2.08. The van der Waals surface area contributed by atoms with Gasteiger partial charge in [-0.2, -0.15) is 0 Å². The molecule has 72 valence electrons. The van der Waals surface area contributed by atoms with Crippen LogP contribution in [0.2, 0.25) is 0 Å². The second-order valence-electron chi connectivity index (χ2n) is 2.64. The van der Waals surface area contributed by atoms with Gasteiger partial charge >= 0.3 is 51.4 Å². The van der Waals surface area contributed by atoms with E-state index in [1.807, 2.05) is 31.2 Å². The fourth-order valence-corrected chi connectivity index (χ4v) is 1.00. The first-order valence-electron chi connectivity index (χ1n) is 4.23. The summed E-state index contributed by atoms with van der Waals surface area (Å²) in [6.45, 7) is 4.07. The zero-order chi connectivity index (χ0) is 9.68. The molecule has 0 unspecified atom stereocenters. The maximum Gasteiger partial charge on any atom is 1.00 e. The van der Waals surface area contributed by atoms with Crippen LogP contribution in [0.25, 0.3) is 0 Å². The molecule has 0 fully saturated rings. The SMILES string of the molecule is CCOc1ccc(NC(C)=O)cc1.[H-].[K+]. The molecule has 0 spiro atoms. The molecule has 4 heteroatoms. The van der Waals surface area contributed by atoms with Gasteiger partial charge in [0.05, 0.1) is 6.61 Å². The predicted octanol–water partition coefficient (Wildman–Crippen LogP) is -0.840. The Bertz CT molecular complexity index is 290. The normalized spacial score (nSPS) is 8.71. The summed E-state index contributed by atoms with van der Waals surface area (Å²) < 4.78 is 5.25. The van der Waals surface area contributed by atoms with E-state index < -0.39 is 0 Å². The molecule has 1 amide bonds. The summed E-state index contributed by atoms with van der Waals surface area (Å²) in [5.74, 6) is 0.751. The van der Waals surface area contributed by atoms with Gasteiger partial charge in [0.15, 0.2) is 0 Å². The Morgan fingerprint density at radius 1 is 1.43 bits per heavy atom. The number of rotatable bonds is 3. The number of ether oxygens (including phenoxy) is 1. The van der Waals surface area contributed by atoms with Crippen molar-refractivity contribution in [2.24, 2.45) is 0 Å². The summed E-state index contributed by atoms with van der Waals surface area (Å²) in [4.78, 5) is 10.7. The van der Waals surface area contributed by atoms with Gasteiger partial charge in [-0.15, -0.1) is 0 Å². The molecule has 0 bridgehead atoms. The topological polar surface area (TPSA) is 38.3 Å². The Morgan fingerprint density at radius 3 is 2.43 bits per heavy atom. The van der Waals surface area contributed by atoms with Crippen molar-refractivity contribution in [3.05, 3.63) is 24.3 Å². The summed E-state index contributed by atoms with van der Waals surface area (Å²) in [6.07, 6.45) is 0. The molecule has 0 saturated carbocycles. The Balaban J connectivity index is 0. The number of amides is 1. The minimum Gasteiger partial charge on any atom is -1.00 e. The van der Waals surface area contributed by atoms with E-state index in [1.54, 1.807) is 0 Å². The summed E-state index contributed by atoms with van der Waals surface area (Å²) in [5, 5.41) is 2.68. The van der Waals surface area contributed by atoms with Crippen LogP contribution in [-0.4, -0.2) is 12.5 Å². The van der Waals surface area contributed by atoms with E-state index >= 15 is 0 Å². The van der Waals surface area contributed by atoms with E-state index in [0.717, 1.165) is 11.4 Å². The number of nitrogens with one attached hydrogen (secondary N) is 1. The number of anilines is 1. The number of benzene rings is 1. The molecule has 1 aromatic carbocycles. The van der Waals surface area contributed by atoms with Crippen LogP contribution in [0.3, 0.4) is 0 Å². The second kappa shape index (κ2) is 7.42. The minimum atomic E-state index is -0.0656. The molecular weight excluding hydrogens is 205 g/mol. The van der Waals surface area contributed by atoms with Crippen molar-refractivity contribution < 1.29 is 62.3 Å². The van der Waals surface area contributed by atoms with Gasteiger partial charge < -0.3 is 11.5 Å². The van der Waals surface area contributed by atoms with E-state index in [9.17, 15) is 4.79 Å². The zero-order valence-electron chi connectivity index (χ0n) is 9.83. The Kier molecular flexibility index (Phi) is 7.49. The van der Waals surface area contributed by atoms with Crippen molar-refractivity contribution in [3.8, 4) is 5.75 Å². The summed E-state index contributed by atoms with van der Waals surface area (Å²) in [7, 11) is 0. The van der Waals surface area contributed by atoms with Crippen molar-refractivity contribution in [1.82, 2.24) is 0 Å². The van der Waals surface area contributed by atoms with Crippen LogP contribution >= 0.6 is 0 Å². The summed E-state index contributed by atoms with van der Waals surface area (Å²) in [5.41, 5.74) is 0.788. The average molecular weight is 219 g/mol. The van der Waals surface area contributed by atoms with Gasteiger partial charge in [0.2, 0.25) is 5.91 Å². The quantitative estimate of drug-likeness (QED) is 0.673. The molecule has 3 nitrogen and oxygen atoms in total. The zero-order valence-corrected chi connectivity index (χ0v) is 12.0. The van der Waals surface area contributed by atoms with Gasteiger partial charge in [-0.05, 0) is 31.2 Å². The van der Waals surface area contributed by atoms with Crippen molar-refractivity contribution in [2.45, 2.75) is 13.8 Å². The van der Waals surface area contributed by atoms with Crippen LogP contribution in [0.4, 0.5) is 5.69 Å². The molecular formula is C10H14KNO2. The maximum absolute atomic E-state index is 10.7. The van der Waals surface area contributed by atoms with Gasteiger partial charge in [0.1, 0.15) is 5.75 Å². The van der Waals surface area contributed by atoms with Crippen LogP contribution < -0.4 is 61.4 Å². The third-order valence-electron chi connectivity index (χ3n) is 1.49. The molecule has 1 aromatic rings. The van der Waals surface area contributed by atoms with Crippen LogP contribution in [0.5, 0.6) is 5.75 Å². The fourth-order valence-electron chi connectivity index (χ4n) is 1.00. The number of hydrogen-bond donors (Lipinski definition) is 1. The van der Waals surface area contributed by atoms with Gasteiger partial charge in [0, 0.05) is 12.6 Å². The van der Waals surface area contributed by atoms with Gasteiger partial charge in [-0.25, -0.2) is 0 Å². The molecule has 0 heterocycles. The second-order valence-corrected chi connectivity index (χ2v) is 2.64. The van der Waals surface area contributed by atoms with E-state index in [-0.39, 0.29) is 58.7 Å². The molecule has 0 aliphatic rings.